The van der Waals surface area contributed by atoms with Gasteiger partial charge in [0.25, 0.3) is 0 Å². The lowest BCUT2D eigenvalue weighted by Gasteiger charge is -2.38. The van der Waals surface area contributed by atoms with Gasteiger partial charge in [0.2, 0.25) is 5.91 Å². The van der Waals surface area contributed by atoms with Crippen LogP contribution >= 0.6 is 35.3 Å². The maximum atomic E-state index is 12.0. The first-order chi connectivity index (χ1) is 13.5. The highest BCUT2D eigenvalue weighted by Crippen LogP contribution is 2.18. The highest BCUT2D eigenvalue weighted by atomic mass is 127. The Morgan fingerprint density at radius 1 is 1.17 bits per heavy atom. The summed E-state index contributed by atoms with van der Waals surface area (Å²) in [6.07, 6.45) is 0. The van der Waals surface area contributed by atoms with Crippen molar-refractivity contribution in [3.05, 3.63) is 52.2 Å². The van der Waals surface area contributed by atoms with E-state index in [0.717, 1.165) is 38.7 Å². The summed E-state index contributed by atoms with van der Waals surface area (Å²) in [5.74, 6) is 0.821. The van der Waals surface area contributed by atoms with Crippen molar-refractivity contribution in [1.29, 1.82) is 0 Å². The predicted octanol–water partition coefficient (Wildman–Crippen LogP) is 3.03. The number of carbonyl (C=O) groups excluding carboxylic acids is 1. The molecular formula is C21H30IN5OS. The van der Waals surface area contributed by atoms with Gasteiger partial charge in [0, 0.05) is 50.8 Å². The molecule has 0 bridgehead atoms. The Kier molecular flexibility index (Phi) is 9.22. The van der Waals surface area contributed by atoms with Crippen molar-refractivity contribution in [1.82, 2.24) is 15.1 Å². The van der Waals surface area contributed by atoms with E-state index in [9.17, 15) is 4.79 Å². The van der Waals surface area contributed by atoms with Crippen LogP contribution in [0.4, 0.5) is 5.69 Å². The summed E-state index contributed by atoms with van der Waals surface area (Å²) in [7, 11) is 3.52. The molecule has 1 fully saturated rings. The van der Waals surface area contributed by atoms with Crippen molar-refractivity contribution in [2.75, 3.05) is 51.7 Å². The summed E-state index contributed by atoms with van der Waals surface area (Å²) in [6.45, 7) is 6.64. The summed E-state index contributed by atoms with van der Waals surface area (Å²) in [5.41, 5.74) is 2.55. The van der Waals surface area contributed by atoms with Gasteiger partial charge in [0.15, 0.2) is 5.96 Å². The van der Waals surface area contributed by atoms with Crippen LogP contribution in [0.25, 0.3) is 0 Å². The van der Waals surface area contributed by atoms with Crippen molar-refractivity contribution in [3.63, 3.8) is 0 Å². The molecule has 1 saturated heterocycles. The van der Waals surface area contributed by atoms with Crippen molar-refractivity contribution < 1.29 is 4.79 Å². The van der Waals surface area contributed by atoms with E-state index in [1.807, 2.05) is 0 Å². The van der Waals surface area contributed by atoms with E-state index < -0.39 is 0 Å². The average molecular weight is 527 g/mol. The zero-order valence-corrected chi connectivity index (χ0v) is 20.4. The zero-order valence-electron chi connectivity index (χ0n) is 17.3. The number of aryl methyl sites for hydroxylation is 1. The van der Waals surface area contributed by atoms with Crippen LogP contribution in [0.15, 0.2) is 46.8 Å². The number of likely N-dealkylation sites (N-methyl/N-ethyl adjacent to an activating group) is 1. The third-order valence-electron chi connectivity index (χ3n) is 4.81. The second-order valence-corrected chi connectivity index (χ2v) is 8.21. The van der Waals surface area contributed by atoms with Crippen LogP contribution in [-0.4, -0.2) is 68.5 Å². The number of nitrogens with zero attached hydrogens (tertiary/aromatic N) is 4. The van der Waals surface area contributed by atoms with Crippen LogP contribution in [0.1, 0.15) is 10.4 Å². The van der Waals surface area contributed by atoms with Gasteiger partial charge in [-0.1, -0.05) is 18.2 Å². The first-order valence-corrected chi connectivity index (χ1v) is 10.5. The van der Waals surface area contributed by atoms with E-state index in [-0.39, 0.29) is 36.4 Å². The molecule has 1 amide bonds. The Balaban J connectivity index is 0.00000300. The van der Waals surface area contributed by atoms with Gasteiger partial charge in [-0.05, 0) is 36.1 Å². The summed E-state index contributed by atoms with van der Waals surface area (Å²) in [4.78, 5) is 24.1. The summed E-state index contributed by atoms with van der Waals surface area (Å²) in [6, 6.07) is 12.8. The van der Waals surface area contributed by atoms with Crippen LogP contribution in [0.5, 0.6) is 0 Å². The molecule has 1 N–H and O–H groups in total. The van der Waals surface area contributed by atoms with Crippen LogP contribution in [0.3, 0.4) is 0 Å². The molecule has 1 aromatic heterocycles. The number of guanidine groups is 1. The molecule has 0 saturated carbocycles. The number of thiophene rings is 1. The van der Waals surface area contributed by atoms with Gasteiger partial charge < -0.3 is 20.0 Å². The zero-order chi connectivity index (χ0) is 19.9. The molecule has 8 heteroatoms. The van der Waals surface area contributed by atoms with E-state index in [1.54, 1.807) is 30.3 Å². The molecule has 6 nitrogen and oxygen atoms in total. The van der Waals surface area contributed by atoms with E-state index >= 15 is 0 Å². The van der Waals surface area contributed by atoms with Gasteiger partial charge in [0.05, 0.1) is 6.54 Å². The first kappa shape index (κ1) is 23.5. The molecule has 1 aliphatic rings. The highest BCUT2D eigenvalue weighted by molar-refractivity contribution is 14.0. The van der Waals surface area contributed by atoms with Crippen molar-refractivity contribution >= 4 is 52.9 Å². The van der Waals surface area contributed by atoms with Crippen LogP contribution in [-0.2, 0) is 11.3 Å². The highest BCUT2D eigenvalue weighted by Gasteiger charge is 2.20. The van der Waals surface area contributed by atoms with E-state index in [2.05, 4.69) is 68.8 Å². The maximum Gasteiger partial charge on any atom is 0.243 e. The molecule has 3 rings (SSSR count). The second-order valence-electron chi connectivity index (χ2n) is 7.17. The number of benzene rings is 1. The fourth-order valence-corrected chi connectivity index (χ4v) is 3.78. The standard InChI is InChI=1S/C21H29N5OS.HI/c1-17-6-4-7-18(14-17)25-9-11-26(12-10-25)21(23-16-20(27)24(2)3)22-15-19-8-5-13-28-19;/h4-8,13-14H,9-12,15-16H2,1-3H3,(H,22,23);1H. The number of piperazine rings is 1. The largest absolute Gasteiger partial charge is 0.368 e. The van der Waals surface area contributed by atoms with Gasteiger partial charge in [-0.2, -0.15) is 0 Å². The predicted molar refractivity (Wildman–Crippen MR) is 133 cm³/mol. The summed E-state index contributed by atoms with van der Waals surface area (Å²) in [5, 5.41) is 5.52. The molecule has 0 unspecified atom stereocenters. The minimum Gasteiger partial charge on any atom is -0.368 e. The topological polar surface area (TPSA) is 51.2 Å². The minimum atomic E-state index is 0. The Labute approximate surface area is 194 Å². The number of nitrogens with one attached hydrogen (secondary N) is 1. The van der Waals surface area contributed by atoms with E-state index in [1.165, 1.54) is 16.1 Å². The Morgan fingerprint density at radius 2 is 1.93 bits per heavy atom. The van der Waals surface area contributed by atoms with E-state index in [0.29, 0.717) is 0 Å². The van der Waals surface area contributed by atoms with Crippen molar-refractivity contribution in [3.8, 4) is 0 Å². The molecule has 1 aromatic carbocycles. The fraction of sp³-hybridized carbons (Fsp3) is 0.429. The average Bonchev–Trinajstić information content (AvgIpc) is 3.21. The third-order valence-corrected chi connectivity index (χ3v) is 5.69. The molecule has 2 aromatic rings. The van der Waals surface area contributed by atoms with Gasteiger partial charge >= 0.3 is 0 Å². The third kappa shape index (κ3) is 6.88. The lowest BCUT2D eigenvalue weighted by atomic mass is 10.2. The smallest absolute Gasteiger partial charge is 0.243 e. The van der Waals surface area contributed by atoms with Gasteiger partial charge in [-0.3, -0.25) is 4.79 Å². The number of halogens is 1. The van der Waals surface area contributed by atoms with Gasteiger partial charge in [-0.15, -0.1) is 35.3 Å². The van der Waals surface area contributed by atoms with Crippen LogP contribution < -0.4 is 10.2 Å². The molecule has 0 spiro atoms. The SMILES string of the molecule is Cc1cccc(N2CCN(C(=NCC(=O)N(C)C)NCc3cccs3)CC2)c1.I. The molecular weight excluding hydrogens is 497 g/mol. The lowest BCUT2D eigenvalue weighted by Crippen LogP contribution is -2.52. The molecule has 158 valence electrons. The van der Waals surface area contributed by atoms with Crippen molar-refractivity contribution in [2.24, 2.45) is 4.99 Å². The van der Waals surface area contributed by atoms with Crippen LogP contribution in [0, 0.1) is 6.92 Å². The quantitative estimate of drug-likeness (QED) is 0.369. The van der Waals surface area contributed by atoms with Crippen LogP contribution in [0.2, 0.25) is 0 Å². The van der Waals surface area contributed by atoms with Gasteiger partial charge in [-0.25, -0.2) is 4.99 Å². The molecule has 0 atom stereocenters. The number of hydrogen-bond acceptors (Lipinski definition) is 4. The molecule has 1 aliphatic heterocycles. The number of aliphatic imine (C=N–C) groups is 1. The lowest BCUT2D eigenvalue weighted by molar-refractivity contribution is -0.127. The number of rotatable bonds is 5. The Hall–Kier alpha value is -1.81. The normalized spacial score (nSPS) is 14.4. The second kappa shape index (κ2) is 11.4. The first-order valence-electron chi connectivity index (χ1n) is 9.60. The number of anilines is 1. The Bertz CT molecular complexity index is 801. The fourth-order valence-electron chi connectivity index (χ4n) is 3.13. The number of amides is 1. The molecule has 0 aliphatic carbocycles. The summed E-state index contributed by atoms with van der Waals surface area (Å²) < 4.78 is 0. The number of hydrogen-bond donors (Lipinski definition) is 1. The maximum absolute atomic E-state index is 12.0. The Morgan fingerprint density at radius 3 is 2.55 bits per heavy atom. The minimum absolute atomic E-state index is 0. The van der Waals surface area contributed by atoms with E-state index in [4.69, 9.17) is 0 Å². The summed E-state index contributed by atoms with van der Waals surface area (Å²) >= 11 is 1.72. The number of carbonyl (C=O) groups is 1. The molecule has 29 heavy (non-hydrogen) atoms. The molecule has 0 radical (unpaired) electrons. The molecule has 2 heterocycles. The monoisotopic (exact) mass is 527 g/mol. The van der Waals surface area contributed by atoms with Crippen molar-refractivity contribution in [2.45, 2.75) is 13.5 Å². The van der Waals surface area contributed by atoms with Gasteiger partial charge in [0.1, 0.15) is 6.54 Å².